The lowest BCUT2D eigenvalue weighted by Crippen LogP contribution is -2.59. The number of hydrogen-bond acceptors (Lipinski definition) is 7. The van der Waals surface area contributed by atoms with E-state index < -0.39 is 35.1 Å². The third kappa shape index (κ3) is 3.89. The molecule has 2 aromatic rings. The average Bonchev–Trinajstić information content (AvgIpc) is 3.62. The number of hydrogen-bond donors (Lipinski definition) is 3. The Balaban J connectivity index is 1.51. The van der Waals surface area contributed by atoms with E-state index in [2.05, 4.69) is 20.9 Å². The van der Waals surface area contributed by atoms with Crippen molar-refractivity contribution in [2.24, 2.45) is 17.8 Å². The first-order valence-electron chi connectivity index (χ1n) is 13.7. The van der Waals surface area contributed by atoms with Gasteiger partial charge in [0.05, 0.1) is 35.6 Å². The van der Waals surface area contributed by atoms with E-state index in [1.54, 1.807) is 4.68 Å². The molecule has 0 aliphatic carbocycles. The van der Waals surface area contributed by atoms with Crippen molar-refractivity contribution in [1.82, 2.24) is 30.5 Å². The molecular formula is C27H38N6O5. The van der Waals surface area contributed by atoms with Gasteiger partial charge in [0.1, 0.15) is 23.8 Å². The van der Waals surface area contributed by atoms with Gasteiger partial charge in [-0.1, -0.05) is 44.5 Å². The summed E-state index contributed by atoms with van der Waals surface area (Å²) in [5.74, 6) is -2.45. The molecule has 5 rings (SSSR count). The number of carbonyl (C=O) groups is 3. The molecule has 1 spiro atoms. The number of amides is 3. The highest BCUT2D eigenvalue weighted by Gasteiger charge is 2.78. The second kappa shape index (κ2) is 9.92. The van der Waals surface area contributed by atoms with Crippen LogP contribution in [-0.2, 0) is 25.8 Å². The number of aromatic nitrogens is 3. The van der Waals surface area contributed by atoms with Crippen LogP contribution in [0.15, 0.2) is 24.3 Å². The standard InChI is InChI=1S/C27H38N6O5/c1-5-13-28-23(35)20-21-25(37)33(19(14-34)16(3)6-2)22(27(21)12-11-26(20,4)38-27)24(36)29-15-32-18-10-8-7-9-17(18)30-31-32/h7-10,16,19-22,34H,5-6,11-15H2,1-4H3,(H,28,35)(H,29,36)/t16-,19-,20+,21-,22?,26-,27?/m0/s1. The molecule has 206 valence electrons. The SMILES string of the molecule is CCCNC(=O)[C@H]1[C@H]2C(=O)N([C@@H](CO)[C@@H](C)CC)C(C(=O)NCn3nnc4ccccc43)C23CC[C@]1(C)O3. The Kier molecular flexibility index (Phi) is 6.93. The molecule has 3 aliphatic rings. The molecule has 4 heterocycles. The Morgan fingerprint density at radius 1 is 1.21 bits per heavy atom. The molecule has 3 N–H and O–H groups in total. The Morgan fingerprint density at radius 3 is 2.68 bits per heavy atom. The molecule has 2 unspecified atom stereocenters. The monoisotopic (exact) mass is 526 g/mol. The van der Waals surface area contributed by atoms with E-state index in [1.165, 1.54) is 4.90 Å². The normalized spacial score (nSPS) is 31.4. The fourth-order valence-electron chi connectivity index (χ4n) is 6.88. The summed E-state index contributed by atoms with van der Waals surface area (Å²) in [6.45, 7) is 8.07. The summed E-state index contributed by atoms with van der Waals surface area (Å²) in [7, 11) is 0. The first-order valence-corrected chi connectivity index (χ1v) is 13.7. The lowest BCUT2D eigenvalue weighted by molar-refractivity contribution is -0.151. The van der Waals surface area contributed by atoms with Gasteiger partial charge in [0, 0.05) is 6.54 Å². The molecule has 7 atom stereocenters. The maximum Gasteiger partial charge on any atom is 0.247 e. The highest BCUT2D eigenvalue weighted by molar-refractivity contribution is 5.99. The van der Waals surface area contributed by atoms with Gasteiger partial charge in [-0.15, -0.1) is 5.10 Å². The van der Waals surface area contributed by atoms with Crippen LogP contribution >= 0.6 is 0 Å². The number of fused-ring (bicyclic) bond motifs is 2. The van der Waals surface area contributed by atoms with Crippen LogP contribution in [0.2, 0.25) is 0 Å². The van der Waals surface area contributed by atoms with Crippen molar-refractivity contribution in [3.05, 3.63) is 24.3 Å². The minimum atomic E-state index is -1.14. The predicted molar refractivity (Wildman–Crippen MR) is 138 cm³/mol. The molecule has 3 fully saturated rings. The van der Waals surface area contributed by atoms with Gasteiger partial charge in [-0.2, -0.15) is 0 Å². The highest BCUT2D eigenvalue weighted by Crippen LogP contribution is 2.63. The molecule has 38 heavy (non-hydrogen) atoms. The Labute approximate surface area is 222 Å². The van der Waals surface area contributed by atoms with Crippen LogP contribution in [0.25, 0.3) is 11.0 Å². The van der Waals surface area contributed by atoms with Crippen LogP contribution in [0.5, 0.6) is 0 Å². The van der Waals surface area contributed by atoms with Crippen LogP contribution in [0.1, 0.15) is 53.4 Å². The fourth-order valence-corrected chi connectivity index (χ4v) is 6.88. The first-order chi connectivity index (χ1) is 18.2. The topological polar surface area (TPSA) is 139 Å². The molecule has 0 radical (unpaired) electrons. The molecule has 3 aliphatic heterocycles. The van der Waals surface area contributed by atoms with Crippen LogP contribution in [0, 0.1) is 17.8 Å². The minimum absolute atomic E-state index is 0.0590. The molecular weight excluding hydrogens is 488 g/mol. The van der Waals surface area contributed by atoms with E-state index in [1.807, 2.05) is 52.0 Å². The summed E-state index contributed by atoms with van der Waals surface area (Å²) in [6, 6.07) is 5.89. The number of benzene rings is 1. The summed E-state index contributed by atoms with van der Waals surface area (Å²) in [6.07, 6.45) is 2.54. The number of ether oxygens (including phenoxy) is 1. The number of nitrogens with one attached hydrogen (secondary N) is 2. The van der Waals surface area contributed by atoms with Crippen molar-refractivity contribution < 1.29 is 24.2 Å². The van der Waals surface area contributed by atoms with E-state index >= 15 is 0 Å². The Hall–Kier alpha value is -3.05. The van der Waals surface area contributed by atoms with Crippen LogP contribution in [0.4, 0.5) is 0 Å². The summed E-state index contributed by atoms with van der Waals surface area (Å²) >= 11 is 0. The van der Waals surface area contributed by atoms with Gasteiger partial charge in [-0.3, -0.25) is 14.4 Å². The Morgan fingerprint density at radius 2 is 1.97 bits per heavy atom. The molecule has 11 nitrogen and oxygen atoms in total. The maximum absolute atomic E-state index is 14.2. The lowest BCUT2D eigenvalue weighted by Gasteiger charge is -2.39. The molecule has 1 aromatic heterocycles. The zero-order chi connectivity index (χ0) is 27.2. The van der Waals surface area contributed by atoms with E-state index in [0.717, 1.165) is 11.9 Å². The number of para-hydroxylation sites is 1. The number of likely N-dealkylation sites (tertiary alicyclic amines) is 1. The minimum Gasteiger partial charge on any atom is -0.394 e. The van der Waals surface area contributed by atoms with Gasteiger partial charge in [-0.05, 0) is 44.2 Å². The van der Waals surface area contributed by atoms with Crippen LogP contribution < -0.4 is 10.6 Å². The van der Waals surface area contributed by atoms with Crippen molar-refractivity contribution in [2.45, 2.75) is 83.3 Å². The number of rotatable bonds is 10. The van der Waals surface area contributed by atoms with Gasteiger partial charge in [0.15, 0.2) is 0 Å². The van der Waals surface area contributed by atoms with E-state index in [9.17, 15) is 19.5 Å². The van der Waals surface area contributed by atoms with Crippen molar-refractivity contribution in [3.63, 3.8) is 0 Å². The van der Waals surface area contributed by atoms with Crippen molar-refractivity contribution in [1.29, 1.82) is 0 Å². The van der Waals surface area contributed by atoms with Gasteiger partial charge in [0.25, 0.3) is 0 Å². The molecule has 0 saturated carbocycles. The number of nitrogens with zero attached hydrogens (tertiary/aromatic N) is 4. The van der Waals surface area contributed by atoms with E-state index in [0.29, 0.717) is 31.3 Å². The maximum atomic E-state index is 14.2. The molecule has 1 aromatic carbocycles. The summed E-state index contributed by atoms with van der Waals surface area (Å²) < 4.78 is 8.23. The first kappa shape index (κ1) is 26.6. The van der Waals surface area contributed by atoms with Crippen LogP contribution in [-0.4, -0.2) is 79.2 Å². The molecule has 2 bridgehead atoms. The van der Waals surface area contributed by atoms with Gasteiger partial charge in [-0.25, -0.2) is 4.68 Å². The molecule has 3 saturated heterocycles. The number of carbonyl (C=O) groups excluding carboxylic acids is 3. The second-order valence-corrected chi connectivity index (χ2v) is 11.2. The van der Waals surface area contributed by atoms with Gasteiger partial charge >= 0.3 is 0 Å². The fraction of sp³-hybridized carbons (Fsp3) is 0.667. The summed E-state index contributed by atoms with van der Waals surface area (Å²) in [4.78, 5) is 43.1. The zero-order valence-corrected chi connectivity index (χ0v) is 22.5. The molecule has 11 heteroatoms. The third-order valence-electron chi connectivity index (χ3n) is 8.96. The summed E-state index contributed by atoms with van der Waals surface area (Å²) in [5.41, 5.74) is -0.498. The third-order valence-corrected chi connectivity index (χ3v) is 8.96. The van der Waals surface area contributed by atoms with E-state index in [4.69, 9.17) is 4.74 Å². The summed E-state index contributed by atoms with van der Waals surface area (Å²) in [5, 5.41) is 24.6. The predicted octanol–water partition coefficient (Wildman–Crippen LogP) is 1.20. The largest absolute Gasteiger partial charge is 0.394 e. The van der Waals surface area contributed by atoms with Crippen LogP contribution in [0.3, 0.4) is 0 Å². The Bertz CT molecular complexity index is 1230. The van der Waals surface area contributed by atoms with Gasteiger partial charge < -0.3 is 25.4 Å². The lowest BCUT2D eigenvalue weighted by atomic mass is 9.66. The number of aliphatic hydroxyl groups is 1. The van der Waals surface area contributed by atoms with Crippen molar-refractivity contribution in [3.8, 4) is 0 Å². The van der Waals surface area contributed by atoms with Gasteiger partial charge in [0.2, 0.25) is 17.7 Å². The zero-order valence-electron chi connectivity index (χ0n) is 22.5. The quantitative estimate of drug-likeness (QED) is 0.423. The van der Waals surface area contributed by atoms with Crippen molar-refractivity contribution >= 4 is 28.8 Å². The molecule has 3 amide bonds. The van der Waals surface area contributed by atoms with Crippen molar-refractivity contribution in [2.75, 3.05) is 13.2 Å². The van der Waals surface area contributed by atoms with E-state index in [-0.39, 0.29) is 36.9 Å². The number of aliphatic hydroxyl groups excluding tert-OH is 1. The highest BCUT2D eigenvalue weighted by atomic mass is 16.5. The second-order valence-electron chi connectivity index (χ2n) is 11.2. The smallest absolute Gasteiger partial charge is 0.247 e. The average molecular weight is 527 g/mol.